The molecule has 0 saturated heterocycles. The van der Waals surface area contributed by atoms with Crippen LogP contribution in [0.5, 0.6) is 0 Å². The van der Waals surface area contributed by atoms with Crippen molar-refractivity contribution in [2.75, 3.05) is 0 Å². The van der Waals surface area contributed by atoms with Crippen LogP contribution < -0.4 is 11.3 Å². The fraction of sp³-hybridized carbons (Fsp3) is 0.250. The van der Waals surface area contributed by atoms with Crippen LogP contribution in [0.3, 0.4) is 0 Å². The lowest BCUT2D eigenvalue weighted by Gasteiger charge is -2.04. The second-order valence-electron chi connectivity index (χ2n) is 3.08. The Bertz CT molecular complexity index is 528. The molecule has 1 atom stereocenters. The van der Waals surface area contributed by atoms with Crippen LogP contribution in [0.2, 0.25) is 0 Å². The van der Waals surface area contributed by atoms with E-state index in [0.29, 0.717) is 11.3 Å². The molecule has 0 unspecified atom stereocenters. The van der Waals surface area contributed by atoms with Crippen LogP contribution in [0.15, 0.2) is 21.5 Å². The first-order valence-corrected chi connectivity index (χ1v) is 4.91. The summed E-state index contributed by atoms with van der Waals surface area (Å²) in [6, 6.07) is 1.48. The first-order valence-electron chi connectivity index (χ1n) is 4.12. The number of halogens is 1. The van der Waals surface area contributed by atoms with Gasteiger partial charge in [-0.2, -0.15) is 5.10 Å². The minimum absolute atomic E-state index is 0.191. The van der Waals surface area contributed by atoms with Gasteiger partial charge in [0, 0.05) is 6.20 Å². The van der Waals surface area contributed by atoms with Gasteiger partial charge in [-0.15, -0.1) is 0 Å². The summed E-state index contributed by atoms with van der Waals surface area (Å²) in [5.74, 6) is 0.477. The van der Waals surface area contributed by atoms with Crippen LogP contribution in [0.4, 0.5) is 0 Å². The van der Waals surface area contributed by atoms with E-state index in [-0.39, 0.29) is 11.6 Å². The highest BCUT2D eigenvalue weighted by Crippen LogP contribution is 2.14. The van der Waals surface area contributed by atoms with Crippen LogP contribution in [0.1, 0.15) is 18.8 Å². The van der Waals surface area contributed by atoms with E-state index in [1.165, 1.54) is 4.52 Å². The molecule has 0 spiro atoms. The lowest BCUT2D eigenvalue weighted by molar-refractivity contribution is 0.688. The molecular weight excluding hydrogens is 248 g/mol. The van der Waals surface area contributed by atoms with E-state index >= 15 is 0 Å². The van der Waals surface area contributed by atoms with Crippen LogP contribution in [-0.2, 0) is 0 Å². The molecule has 0 bridgehead atoms. The number of hydrogen-bond acceptors (Lipinski definition) is 3. The molecule has 74 valence electrons. The molecule has 2 rings (SSSR count). The highest BCUT2D eigenvalue weighted by atomic mass is 79.9. The van der Waals surface area contributed by atoms with Crippen LogP contribution >= 0.6 is 15.9 Å². The molecule has 2 aromatic rings. The zero-order valence-electron chi connectivity index (χ0n) is 7.49. The van der Waals surface area contributed by atoms with E-state index in [1.807, 2.05) is 0 Å². The van der Waals surface area contributed by atoms with E-state index in [9.17, 15) is 4.79 Å². The number of aromatic nitrogens is 3. The van der Waals surface area contributed by atoms with Gasteiger partial charge in [-0.25, -0.2) is 4.52 Å². The van der Waals surface area contributed by atoms with Gasteiger partial charge in [0.15, 0.2) is 0 Å². The highest BCUT2D eigenvalue weighted by Gasteiger charge is 2.09. The molecule has 6 heteroatoms. The average molecular weight is 257 g/mol. The van der Waals surface area contributed by atoms with Gasteiger partial charge in [0.05, 0.1) is 10.5 Å². The molecule has 0 radical (unpaired) electrons. The maximum absolute atomic E-state index is 11.6. The second kappa shape index (κ2) is 3.21. The number of aromatic amines is 1. The predicted octanol–water partition coefficient (Wildman–Crippen LogP) is 0.805. The summed E-state index contributed by atoms with van der Waals surface area (Å²) in [4.78, 5) is 14.2. The number of nitrogens with two attached hydrogens (primary N) is 1. The molecule has 2 heterocycles. The quantitative estimate of drug-likeness (QED) is 0.793. The van der Waals surface area contributed by atoms with Crippen molar-refractivity contribution in [2.45, 2.75) is 13.0 Å². The van der Waals surface area contributed by atoms with Crippen molar-refractivity contribution < 1.29 is 0 Å². The molecule has 2 aromatic heterocycles. The largest absolute Gasteiger partial charge is 0.322 e. The van der Waals surface area contributed by atoms with Gasteiger partial charge in [-0.05, 0) is 28.9 Å². The molecule has 14 heavy (non-hydrogen) atoms. The zero-order chi connectivity index (χ0) is 10.3. The molecule has 0 saturated carbocycles. The summed E-state index contributed by atoms with van der Waals surface area (Å²) in [7, 11) is 0. The maximum Gasteiger partial charge on any atom is 0.276 e. The summed E-state index contributed by atoms with van der Waals surface area (Å²) >= 11 is 3.27. The molecule has 0 aliphatic heterocycles. The Morgan fingerprint density at radius 1 is 1.71 bits per heavy atom. The van der Waals surface area contributed by atoms with E-state index in [2.05, 4.69) is 26.0 Å². The smallest absolute Gasteiger partial charge is 0.276 e. The van der Waals surface area contributed by atoms with Crippen LogP contribution in [-0.4, -0.2) is 14.6 Å². The third-order valence-corrected chi connectivity index (χ3v) is 2.56. The van der Waals surface area contributed by atoms with Crippen molar-refractivity contribution in [3.05, 3.63) is 32.9 Å². The van der Waals surface area contributed by atoms with Crippen LogP contribution in [0.25, 0.3) is 5.52 Å². The number of hydrogen-bond donors (Lipinski definition) is 2. The Balaban J connectivity index is 2.81. The van der Waals surface area contributed by atoms with Gasteiger partial charge in [-0.1, -0.05) is 0 Å². The van der Waals surface area contributed by atoms with E-state index in [0.717, 1.165) is 4.47 Å². The minimum Gasteiger partial charge on any atom is -0.322 e. The number of nitrogens with one attached hydrogen (secondary N) is 1. The Hall–Kier alpha value is -1.14. The number of fused-ring (bicyclic) bond motifs is 1. The third kappa shape index (κ3) is 1.36. The van der Waals surface area contributed by atoms with Gasteiger partial charge < -0.3 is 10.7 Å². The van der Waals surface area contributed by atoms with Gasteiger partial charge >= 0.3 is 0 Å². The standard InChI is InChI=1S/C8H9BrN4O/c1-4(10)7-11-8(14)6-5(9)2-3-13(6)12-7/h2-4H,10H2,1H3,(H,11,12,14)/t4-/m0/s1. The van der Waals surface area contributed by atoms with E-state index in [4.69, 9.17) is 5.73 Å². The summed E-state index contributed by atoms with van der Waals surface area (Å²) in [6.45, 7) is 1.77. The number of H-pyrrole nitrogens is 1. The molecule has 0 amide bonds. The lowest BCUT2D eigenvalue weighted by Crippen LogP contribution is -2.20. The molecule has 0 aliphatic rings. The van der Waals surface area contributed by atoms with E-state index in [1.54, 1.807) is 19.2 Å². The van der Waals surface area contributed by atoms with E-state index < -0.39 is 0 Å². The maximum atomic E-state index is 11.6. The molecule has 5 nitrogen and oxygen atoms in total. The summed E-state index contributed by atoms with van der Waals surface area (Å²) in [6.07, 6.45) is 1.71. The molecule has 0 aromatic carbocycles. The molecule has 3 N–H and O–H groups in total. The molecular formula is C8H9BrN4O. The zero-order valence-corrected chi connectivity index (χ0v) is 9.08. The van der Waals surface area contributed by atoms with Crippen molar-refractivity contribution in [3.63, 3.8) is 0 Å². The second-order valence-corrected chi connectivity index (χ2v) is 3.94. The van der Waals surface area contributed by atoms with Gasteiger partial charge in [0.1, 0.15) is 11.3 Å². The average Bonchev–Trinajstić information content (AvgIpc) is 2.48. The topological polar surface area (TPSA) is 76.2 Å². The first kappa shape index (κ1) is 9.42. The van der Waals surface area contributed by atoms with Crippen molar-refractivity contribution in [3.8, 4) is 0 Å². The Kier molecular flexibility index (Phi) is 2.16. The Morgan fingerprint density at radius 3 is 3.07 bits per heavy atom. The first-order chi connectivity index (χ1) is 6.59. The van der Waals surface area contributed by atoms with Crippen molar-refractivity contribution >= 4 is 21.4 Å². The number of nitrogens with zero attached hydrogens (tertiary/aromatic N) is 2. The third-order valence-electron chi connectivity index (χ3n) is 1.92. The Morgan fingerprint density at radius 2 is 2.43 bits per heavy atom. The molecule has 0 aliphatic carbocycles. The lowest BCUT2D eigenvalue weighted by atomic mass is 10.3. The van der Waals surface area contributed by atoms with Gasteiger partial charge in [0.25, 0.3) is 5.56 Å². The van der Waals surface area contributed by atoms with Crippen molar-refractivity contribution in [1.82, 2.24) is 14.6 Å². The predicted molar refractivity (Wildman–Crippen MR) is 56.1 cm³/mol. The fourth-order valence-electron chi connectivity index (χ4n) is 1.22. The van der Waals surface area contributed by atoms with Crippen molar-refractivity contribution in [2.24, 2.45) is 5.73 Å². The van der Waals surface area contributed by atoms with Gasteiger partial charge in [0.2, 0.25) is 0 Å². The van der Waals surface area contributed by atoms with Crippen LogP contribution in [0, 0.1) is 0 Å². The fourth-order valence-corrected chi connectivity index (χ4v) is 1.70. The molecule has 0 fully saturated rings. The normalized spacial score (nSPS) is 13.4. The summed E-state index contributed by atoms with van der Waals surface area (Å²) in [5.41, 5.74) is 5.93. The minimum atomic E-state index is -0.284. The summed E-state index contributed by atoms with van der Waals surface area (Å²) < 4.78 is 2.24. The Labute approximate surface area is 88.1 Å². The number of rotatable bonds is 1. The van der Waals surface area contributed by atoms with Crippen molar-refractivity contribution in [1.29, 1.82) is 0 Å². The SMILES string of the molecule is C[C@H](N)c1nn2ccc(Br)c2c(=O)[nH]1. The monoisotopic (exact) mass is 256 g/mol. The summed E-state index contributed by atoms with van der Waals surface area (Å²) in [5, 5.41) is 4.16. The van der Waals surface area contributed by atoms with Gasteiger partial charge in [-0.3, -0.25) is 4.79 Å². The highest BCUT2D eigenvalue weighted by molar-refractivity contribution is 9.10.